The van der Waals surface area contributed by atoms with E-state index < -0.39 is 0 Å². The molecular weight excluding hydrogens is 198 g/mol. The zero-order valence-corrected chi connectivity index (χ0v) is 8.94. The maximum absolute atomic E-state index is 8.72. The van der Waals surface area contributed by atoms with Crippen molar-refractivity contribution in [3.8, 4) is 17.2 Å². The summed E-state index contributed by atoms with van der Waals surface area (Å²) in [5.41, 5.74) is 9.96. The molecule has 2 rings (SSSR count). The second-order valence-corrected chi connectivity index (χ2v) is 3.59. The summed E-state index contributed by atoms with van der Waals surface area (Å²) in [6.45, 7) is 1.94. The Kier molecular flexibility index (Phi) is 2.57. The minimum atomic E-state index is 0.643. The highest BCUT2D eigenvalue weighted by atomic mass is 14.7. The maximum Gasteiger partial charge on any atom is 0.0991 e. The van der Waals surface area contributed by atoms with Crippen LogP contribution in [0.4, 0.5) is 5.69 Å². The highest BCUT2D eigenvalue weighted by Crippen LogP contribution is 2.24. The monoisotopic (exact) mass is 209 g/mol. The normalized spacial score (nSPS) is 9.75. The summed E-state index contributed by atoms with van der Waals surface area (Å²) in [6.07, 6.45) is 1.64. The molecule has 0 atom stereocenters. The number of nitrogens with zero attached hydrogens (tertiary/aromatic N) is 2. The van der Waals surface area contributed by atoms with E-state index >= 15 is 0 Å². The molecular formula is C13H11N3. The topological polar surface area (TPSA) is 62.7 Å². The Balaban J connectivity index is 2.50. The number of pyridine rings is 1. The Morgan fingerprint density at radius 1 is 1.25 bits per heavy atom. The van der Waals surface area contributed by atoms with Crippen LogP contribution in [0.5, 0.6) is 0 Å². The average Bonchev–Trinajstić information content (AvgIpc) is 2.32. The van der Waals surface area contributed by atoms with Crippen molar-refractivity contribution < 1.29 is 0 Å². The van der Waals surface area contributed by atoms with Gasteiger partial charge in [0.2, 0.25) is 0 Å². The smallest absolute Gasteiger partial charge is 0.0991 e. The molecule has 0 amide bonds. The molecule has 0 aliphatic heterocycles. The molecule has 2 aromatic rings. The van der Waals surface area contributed by atoms with E-state index in [4.69, 9.17) is 11.0 Å². The number of nitriles is 1. The van der Waals surface area contributed by atoms with Crippen LogP contribution in [-0.4, -0.2) is 4.98 Å². The quantitative estimate of drug-likeness (QED) is 0.784. The molecule has 0 aliphatic rings. The van der Waals surface area contributed by atoms with Crippen LogP contribution in [0.25, 0.3) is 11.1 Å². The fourth-order valence-electron chi connectivity index (χ4n) is 1.57. The third-order valence-electron chi connectivity index (χ3n) is 2.43. The van der Waals surface area contributed by atoms with Crippen LogP contribution < -0.4 is 5.73 Å². The largest absolute Gasteiger partial charge is 0.397 e. The van der Waals surface area contributed by atoms with Gasteiger partial charge in [-0.3, -0.25) is 4.98 Å². The Bertz CT molecular complexity index is 550. The fraction of sp³-hybridized carbons (Fsp3) is 0.0769. The minimum absolute atomic E-state index is 0.643. The lowest BCUT2D eigenvalue weighted by molar-refractivity contribution is 1.21. The first-order chi connectivity index (χ1) is 7.70. The van der Waals surface area contributed by atoms with Crippen molar-refractivity contribution in [2.75, 3.05) is 5.73 Å². The zero-order valence-electron chi connectivity index (χ0n) is 8.94. The summed E-state index contributed by atoms with van der Waals surface area (Å²) in [4.78, 5) is 4.21. The zero-order chi connectivity index (χ0) is 11.5. The fourth-order valence-corrected chi connectivity index (χ4v) is 1.57. The number of anilines is 1. The number of aromatic nitrogens is 1. The predicted molar refractivity (Wildman–Crippen MR) is 63.5 cm³/mol. The third kappa shape index (κ3) is 1.86. The Labute approximate surface area is 94.2 Å². The van der Waals surface area contributed by atoms with Crippen molar-refractivity contribution in [3.63, 3.8) is 0 Å². The molecule has 0 saturated heterocycles. The number of nitrogen functional groups attached to an aromatic ring is 1. The number of rotatable bonds is 1. The van der Waals surface area contributed by atoms with Gasteiger partial charge in [-0.15, -0.1) is 0 Å². The second kappa shape index (κ2) is 4.03. The molecule has 1 heterocycles. The van der Waals surface area contributed by atoms with Gasteiger partial charge in [0.25, 0.3) is 0 Å². The van der Waals surface area contributed by atoms with Crippen LogP contribution >= 0.6 is 0 Å². The molecule has 78 valence electrons. The predicted octanol–water partition coefficient (Wildman–Crippen LogP) is 2.51. The lowest BCUT2D eigenvalue weighted by atomic mass is 10.0. The Morgan fingerprint density at radius 2 is 1.94 bits per heavy atom. The van der Waals surface area contributed by atoms with Gasteiger partial charge < -0.3 is 5.73 Å². The van der Waals surface area contributed by atoms with Crippen LogP contribution in [-0.2, 0) is 0 Å². The lowest BCUT2D eigenvalue weighted by Crippen LogP contribution is -1.92. The van der Waals surface area contributed by atoms with Crippen LogP contribution in [0.2, 0.25) is 0 Å². The first-order valence-electron chi connectivity index (χ1n) is 4.93. The molecule has 0 radical (unpaired) electrons. The van der Waals surface area contributed by atoms with Crippen molar-refractivity contribution in [2.45, 2.75) is 6.92 Å². The van der Waals surface area contributed by atoms with E-state index in [1.54, 1.807) is 18.3 Å². The van der Waals surface area contributed by atoms with E-state index in [2.05, 4.69) is 11.1 Å². The Morgan fingerprint density at radius 3 is 2.56 bits per heavy atom. The molecule has 0 bridgehead atoms. The molecule has 0 spiro atoms. The molecule has 0 saturated carbocycles. The van der Waals surface area contributed by atoms with Gasteiger partial charge in [-0.05, 0) is 30.7 Å². The molecule has 0 aliphatic carbocycles. The van der Waals surface area contributed by atoms with E-state index in [0.717, 1.165) is 16.8 Å². The number of hydrogen-bond acceptors (Lipinski definition) is 3. The van der Waals surface area contributed by atoms with E-state index in [1.165, 1.54) is 0 Å². The summed E-state index contributed by atoms with van der Waals surface area (Å²) in [5.74, 6) is 0. The first kappa shape index (κ1) is 10.2. The molecule has 2 N–H and O–H groups in total. The second-order valence-electron chi connectivity index (χ2n) is 3.59. The highest BCUT2D eigenvalue weighted by molar-refractivity contribution is 5.69. The summed E-state index contributed by atoms with van der Waals surface area (Å²) < 4.78 is 0. The van der Waals surface area contributed by atoms with Crippen molar-refractivity contribution in [1.82, 2.24) is 4.98 Å². The molecule has 0 unspecified atom stereocenters. The van der Waals surface area contributed by atoms with Crippen molar-refractivity contribution >= 4 is 5.69 Å². The third-order valence-corrected chi connectivity index (χ3v) is 2.43. The van der Waals surface area contributed by atoms with Gasteiger partial charge in [0.1, 0.15) is 0 Å². The van der Waals surface area contributed by atoms with Crippen LogP contribution in [0.15, 0.2) is 36.5 Å². The minimum Gasteiger partial charge on any atom is -0.397 e. The first-order valence-corrected chi connectivity index (χ1v) is 4.93. The van der Waals surface area contributed by atoms with Crippen LogP contribution in [0, 0.1) is 18.3 Å². The van der Waals surface area contributed by atoms with E-state index in [1.807, 2.05) is 25.1 Å². The van der Waals surface area contributed by atoms with Crippen molar-refractivity contribution in [3.05, 3.63) is 47.8 Å². The summed E-state index contributed by atoms with van der Waals surface area (Å²) in [6, 6.07) is 11.4. The van der Waals surface area contributed by atoms with Crippen molar-refractivity contribution in [2.24, 2.45) is 0 Å². The lowest BCUT2D eigenvalue weighted by Gasteiger charge is -2.06. The van der Waals surface area contributed by atoms with Crippen molar-refractivity contribution in [1.29, 1.82) is 5.26 Å². The van der Waals surface area contributed by atoms with Gasteiger partial charge in [-0.2, -0.15) is 5.26 Å². The highest BCUT2D eigenvalue weighted by Gasteiger charge is 2.03. The van der Waals surface area contributed by atoms with Crippen LogP contribution in [0.1, 0.15) is 11.3 Å². The van der Waals surface area contributed by atoms with Gasteiger partial charge in [0, 0.05) is 11.3 Å². The van der Waals surface area contributed by atoms with Gasteiger partial charge in [0.05, 0.1) is 23.5 Å². The number of aryl methyl sites for hydroxylation is 1. The maximum atomic E-state index is 8.72. The van der Waals surface area contributed by atoms with Gasteiger partial charge >= 0.3 is 0 Å². The molecule has 3 heteroatoms. The van der Waals surface area contributed by atoms with E-state index in [9.17, 15) is 0 Å². The molecule has 3 nitrogen and oxygen atoms in total. The number of benzene rings is 1. The molecule has 1 aromatic heterocycles. The van der Waals surface area contributed by atoms with Crippen LogP contribution in [0.3, 0.4) is 0 Å². The van der Waals surface area contributed by atoms with Gasteiger partial charge in [0.15, 0.2) is 0 Å². The Hall–Kier alpha value is -2.34. The summed E-state index contributed by atoms with van der Waals surface area (Å²) in [7, 11) is 0. The molecule has 0 fully saturated rings. The SMILES string of the molecule is Cc1ncc(N)cc1-c1ccc(C#N)cc1. The van der Waals surface area contributed by atoms with Gasteiger partial charge in [-0.1, -0.05) is 12.1 Å². The van der Waals surface area contributed by atoms with Gasteiger partial charge in [-0.25, -0.2) is 0 Å². The molecule has 1 aromatic carbocycles. The average molecular weight is 209 g/mol. The molecule has 16 heavy (non-hydrogen) atoms. The summed E-state index contributed by atoms with van der Waals surface area (Å²) >= 11 is 0. The number of nitrogens with two attached hydrogens (primary N) is 1. The summed E-state index contributed by atoms with van der Waals surface area (Å²) in [5, 5.41) is 8.72. The standard InChI is InChI=1S/C13H11N3/c1-9-13(6-12(15)8-16-9)11-4-2-10(7-14)3-5-11/h2-6,8H,15H2,1H3. The van der Waals surface area contributed by atoms with E-state index in [-0.39, 0.29) is 0 Å². The number of hydrogen-bond donors (Lipinski definition) is 1. The van der Waals surface area contributed by atoms with E-state index in [0.29, 0.717) is 11.3 Å².